The Morgan fingerprint density at radius 3 is 2.64 bits per heavy atom. The van der Waals surface area contributed by atoms with E-state index in [4.69, 9.17) is 20.9 Å². The van der Waals surface area contributed by atoms with Crippen molar-refractivity contribution in [3.05, 3.63) is 94.8 Å². The van der Waals surface area contributed by atoms with Crippen molar-refractivity contribution in [1.82, 2.24) is 10.1 Å². The molecular formula is C26H22ClN3O3. The lowest BCUT2D eigenvalue weighted by Gasteiger charge is -2.17. The number of nitrogens with zero attached hydrogens (tertiary/aromatic N) is 3. The minimum atomic E-state index is -0.150. The van der Waals surface area contributed by atoms with Gasteiger partial charge in [0.1, 0.15) is 12.4 Å². The summed E-state index contributed by atoms with van der Waals surface area (Å²) in [5.41, 5.74) is 3.70. The van der Waals surface area contributed by atoms with Gasteiger partial charge in [0.25, 0.3) is 0 Å². The fourth-order valence-corrected chi connectivity index (χ4v) is 4.00. The first-order valence-corrected chi connectivity index (χ1v) is 11.1. The van der Waals surface area contributed by atoms with Crippen molar-refractivity contribution in [1.29, 1.82) is 0 Å². The topological polar surface area (TPSA) is 68.5 Å². The summed E-state index contributed by atoms with van der Waals surface area (Å²) in [6.07, 6.45) is 0.329. The van der Waals surface area contributed by atoms with Crippen molar-refractivity contribution in [3.63, 3.8) is 0 Å². The summed E-state index contributed by atoms with van der Waals surface area (Å²) in [4.78, 5) is 18.9. The summed E-state index contributed by atoms with van der Waals surface area (Å²) in [5, 5.41) is 4.81. The minimum Gasteiger partial charge on any atom is -0.489 e. The van der Waals surface area contributed by atoms with E-state index in [1.165, 1.54) is 0 Å². The van der Waals surface area contributed by atoms with E-state index < -0.39 is 0 Å². The molecular weight excluding hydrogens is 438 g/mol. The Labute approximate surface area is 196 Å². The number of aromatic nitrogens is 2. The molecule has 0 bridgehead atoms. The summed E-state index contributed by atoms with van der Waals surface area (Å²) >= 11 is 6.12. The average Bonchev–Trinajstić information content (AvgIpc) is 3.48. The fraction of sp³-hybridized carbons (Fsp3) is 0.192. The lowest BCUT2D eigenvalue weighted by atomic mass is 10.1. The third-order valence-corrected chi connectivity index (χ3v) is 6.15. The van der Waals surface area contributed by atoms with Gasteiger partial charge in [0.2, 0.25) is 17.6 Å². The standard InChI is InChI=1S/C26H22ClN3O3/c1-17-13-21(9-12-23(17)27)30-15-20(14-24(30)31)26-28-25(29-33-26)19-7-10-22(11-8-19)32-16-18-5-3-2-4-6-18/h2-13,20H,14-16H2,1H3. The molecule has 3 aromatic carbocycles. The van der Waals surface area contributed by atoms with E-state index in [-0.39, 0.29) is 11.8 Å². The van der Waals surface area contributed by atoms with E-state index in [1.54, 1.807) is 4.90 Å². The van der Waals surface area contributed by atoms with Gasteiger partial charge in [0.15, 0.2) is 0 Å². The highest BCUT2D eigenvalue weighted by Crippen LogP contribution is 2.33. The number of aryl methyl sites for hydroxylation is 1. The number of hydrogen-bond donors (Lipinski definition) is 0. The molecule has 1 saturated heterocycles. The van der Waals surface area contributed by atoms with E-state index >= 15 is 0 Å². The minimum absolute atomic E-state index is 0.0291. The van der Waals surface area contributed by atoms with Gasteiger partial charge in [0.05, 0.1) is 5.92 Å². The number of hydrogen-bond acceptors (Lipinski definition) is 5. The van der Waals surface area contributed by atoms with Crippen LogP contribution in [0.1, 0.15) is 29.4 Å². The normalized spacial score (nSPS) is 15.8. The molecule has 1 aliphatic rings. The van der Waals surface area contributed by atoms with E-state index in [0.29, 0.717) is 36.3 Å². The van der Waals surface area contributed by atoms with Crippen LogP contribution in [0.15, 0.2) is 77.3 Å². The Hall–Kier alpha value is -3.64. The maximum absolute atomic E-state index is 12.6. The molecule has 0 radical (unpaired) electrons. The maximum atomic E-state index is 12.6. The smallest absolute Gasteiger partial charge is 0.232 e. The zero-order chi connectivity index (χ0) is 22.8. The Morgan fingerprint density at radius 2 is 1.88 bits per heavy atom. The molecule has 1 aliphatic heterocycles. The largest absolute Gasteiger partial charge is 0.489 e. The van der Waals surface area contributed by atoms with Crippen LogP contribution in [0.4, 0.5) is 5.69 Å². The van der Waals surface area contributed by atoms with Gasteiger partial charge < -0.3 is 14.2 Å². The zero-order valence-corrected chi connectivity index (χ0v) is 18.8. The van der Waals surface area contributed by atoms with Crippen LogP contribution in [0.2, 0.25) is 5.02 Å². The summed E-state index contributed by atoms with van der Waals surface area (Å²) < 4.78 is 11.4. The lowest BCUT2D eigenvalue weighted by Crippen LogP contribution is -2.24. The maximum Gasteiger partial charge on any atom is 0.232 e. The molecule has 5 rings (SSSR count). The number of ether oxygens (including phenoxy) is 1. The van der Waals surface area contributed by atoms with Crippen LogP contribution in [0.25, 0.3) is 11.4 Å². The van der Waals surface area contributed by atoms with Crippen LogP contribution in [-0.2, 0) is 11.4 Å². The van der Waals surface area contributed by atoms with Gasteiger partial charge >= 0.3 is 0 Å². The van der Waals surface area contributed by atoms with Crippen LogP contribution in [0.5, 0.6) is 5.75 Å². The Kier molecular flexibility index (Phi) is 5.84. The summed E-state index contributed by atoms with van der Waals surface area (Å²) in [7, 11) is 0. The first kappa shape index (κ1) is 21.2. The summed E-state index contributed by atoms with van der Waals surface area (Å²) in [6.45, 7) is 2.92. The van der Waals surface area contributed by atoms with Crippen LogP contribution >= 0.6 is 11.6 Å². The second-order valence-electron chi connectivity index (χ2n) is 8.09. The highest BCUT2D eigenvalue weighted by Gasteiger charge is 2.35. The number of anilines is 1. The molecule has 4 aromatic rings. The highest BCUT2D eigenvalue weighted by atomic mass is 35.5. The molecule has 1 aromatic heterocycles. The van der Waals surface area contributed by atoms with Crippen molar-refractivity contribution in [2.45, 2.75) is 25.9 Å². The summed E-state index contributed by atoms with van der Waals surface area (Å²) in [5.74, 6) is 1.61. The number of carbonyl (C=O) groups excluding carboxylic acids is 1. The highest BCUT2D eigenvalue weighted by molar-refractivity contribution is 6.31. The van der Waals surface area contributed by atoms with Gasteiger partial charge in [-0.15, -0.1) is 0 Å². The van der Waals surface area contributed by atoms with Crippen molar-refractivity contribution in [2.75, 3.05) is 11.4 Å². The molecule has 0 N–H and O–H groups in total. The molecule has 33 heavy (non-hydrogen) atoms. The van der Waals surface area contributed by atoms with E-state index in [2.05, 4.69) is 10.1 Å². The Balaban J connectivity index is 1.25. The van der Waals surface area contributed by atoms with Crippen molar-refractivity contribution < 1.29 is 14.1 Å². The van der Waals surface area contributed by atoms with Gasteiger partial charge in [-0.05, 0) is 60.5 Å². The van der Waals surface area contributed by atoms with Gasteiger partial charge in [-0.25, -0.2) is 0 Å². The third kappa shape index (κ3) is 4.61. The molecule has 1 atom stereocenters. The fourth-order valence-electron chi connectivity index (χ4n) is 3.88. The molecule has 0 saturated carbocycles. The molecule has 0 aliphatic carbocycles. The number of carbonyl (C=O) groups is 1. The zero-order valence-electron chi connectivity index (χ0n) is 18.1. The van der Waals surface area contributed by atoms with Crippen LogP contribution < -0.4 is 9.64 Å². The van der Waals surface area contributed by atoms with Gasteiger partial charge in [-0.3, -0.25) is 4.79 Å². The first-order valence-electron chi connectivity index (χ1n) is 10.7. The Bertz CT molecular complexity index is 1270. The van der Waals surface area contributed by atoms with Crippen molar-refractivity contribution in [2.24, 2.45) is 0 Å². The second-order valence-corrected chi connectivity index (χ2v) is 8.50. The van der Waals surface area contributed by atoms with Gasteiger partial charge in [0, 0.05) is 29.2 Å². The molecule has 1 amide bonds. The molecule has 1 unspecified atom stereocenters. The predicted molar refractivity (Wildman–Crippen MR) is 126 cm³/mol. The van der Waals surface area contributed by atoms with Crippen LogP contribution in [-0.4, -0.2) is 22.6 Å². The number of benzene rings is 3. The monoisotopic (exact) mass is 459 g/mol. The van der Waals surface area contributed by atoms with Gasteiger partial charge in [-0.2, -0.15) is 4.98 Å². The van der Waals surface area contributed by atoms with E-state index in [9.17, 15) is 4.79 Å². The summed E-state index contributed by atoms with van der Waals surface area (Å²) in [6, 6.07) is 23.2. The predicted octanol–water partition coefficient (Wildman–Crippen LogP) is 5.80. The quantitative estimate of drug-likeness (QED) is 0.364. The lowest BCUT2D eigenvalue weighted by molar-refractivity contribution is -0.117. The van der Waals surface area contributed by atoms with Crippen LogP contribution in [0, 0.1) is 6.92 Å². The first-order chi connectivity index (χ1) is 16.1. The molecule has 166 valence electrons. The average molecular weight is 460 g/mol. The molecule has 0 spiro atoms. The van der Waals surface area contributed by atoms with Crippen molar-refractivity contribution >= 4 is 23.2 Å². The van der Waals surface area contributed by atoms with E-state index in [0.717, 1.165) is 28.1 Å². The molecule has 7 heteroatoms. The molecule has 6 nitrogen and oxygen atoms in total. The van der Waals surface area contributed by atoms with Gasteiger partial charge in [-0.1, -0.05) is 47.1 Å². The SMILES string of the molecule is Cc1cc(N2CC(c3nc(-c4ccc(OCc5ccccc5)cc4)no3)CC2=O)ccc1Cl. The van der Waals surface area contributed by atoms with E-state index in [1.807, 2.05) is 79.7 Å². The number of amides is 1. The Morgan fingerprint density at radius 1 is 1.09 bits per heavy atom. The molecule has 2 heterocycles. The number of halogens is 1. The van der Waals surface area contributed by atoms with Crippen LogP contribution in [0.3, 0.4) is 0 Å². The van der Waals surface area contributed by atoms with Crippen molar-refractivity contribution in [3.8, 4) is 17.1 Å². The third-order valence-electron chi connectivity index (χ3n) is 5.73. The molecule has 1 fully saturated rings. The second kappa shape index (κ2) is 9.08. The number of rotatable bonds is 6.